The number of nitrogens with zero attached hydrogens (tertiary/aromatic N) is 2. The van der Waals surface area contributed by atoms with Crippen molar-refractivity contribution in [2.75, 3.05) is 0 Å². The van der Waals surface area contributed by atoms with E-state index in [1.807, 2.05) is 13.8 Å². The minimum atomic E-state index is -0.756. The van der Waals surface area contributed by atoms with Gasteiger partial charge in [0.2, 0.25) is 0 Å². The second-order valence-corrected chi connectivity index (χ2v) is 3.17. The van der Waals surface area contributed by atoms with Crippen molar-refractivity contribution < 1.29 is 0 Å². The van der Waals surface area contributed by atoms with Gasteiger partial charge in [-0.2, -0.15) is 5.26 Å². The topological polar surface area (TPSA) is 28.1 Å². The molecular formula is C9H10N2. The highest BCUT2D eigenvalue weighted by Gasteiger charge is 2.42. The van der Waals surface area contributed by atoms with Gasteiger partial charge in [-0.15, -0.1) is 0 Å². The highest BCUT2D eigenvalue weighted by atomic mass is 14.8. The fourth-order valence-electron chi connectivity index (χ4n) is 1.42. The normalized spacial score (nSPS) is 21.1. The predicted molar refractivity (Wildman–Crippen MR) is 42.6 cm³/mol. The molecule has 0 N–H and O–H groups in total. The molecule has 0 saturated carbocycles. The Morgan fingerprint density at radius 1 is 1.45 bits per heavy atom. The summed E-state index contributed by atoms with van der Waals surface area (Å²) in [6.45, 7) is 10.9. The van der Waals surface area contributed by atoms with Gasteiger partial charge >= 0.3 is 5.54 Å². The van der Waals surface area contributed by atoms with Gasteiger partial charge < -0.3 is 0 Å². The van der Waals surface area contributed by atoms with Gasteiger partial charge in [-0.25, -0.2) is 6.57 Å². The predicted octanol–water partition coefficient (Wildman–Crippen LogP) is 2.30. The van der Waals surface area contributed by atoms with E-state index in [4.69, 9.17) is 11.8 Å². The van der Waals surface area contributed by atoms with Crippen molar-refractivity contribution >= 4 is 0 Å². The lowest BCUT2D eigenvalue weighted by molar-refractivity contribution is 0.668. The van der Waals surface area contributed by atoms with Crippen molar-refractivity contribution in [1.29, 1.82) is 5.26 Å². The molecule has 0 bridgehead atoms. The minimum Gasteiger partial charge on any atom is -0.293 e. The lowest BCUT2D eigenvalue weighted by Crippen LogP contribution is -2.17. The summed E-state index contributed by atoms with van der Waals surface area (Å²) < 4.78 is 0. The van der Waals surface area contributed by atoms with Crippen molar-refractivity contribution in [2.45, 2.75) is 32.2 Å². The fraction of sp³-hybridized carbons (Fsp3) is 0.556. The molecule has 0 amide bonds. The maximum atomic E-state index is 8.76. The largest absolute Gasteiger partial charge is 0.322 e. The van der Waals surface area contributed by atoms with Crippen LogP contribution in [0.25, 0.3) is 4.85 Å². The Morgan fingerprint density at radius 3 is 2.09 bits per heavy atom. The van der Waals surface area contributed by atoms with Crippen molar-refractivity contribution in [2.24, 2.45) is 0 Å². The summed E-state index contributed by atoms with van der Waals surface area (Å²) in [5.41, 5.74) is 1.67. The summed E-state index contributed by atoms with van der Waals surface area (Å²) in [4.78, 5) is 3.39. The average Bonchev–Trinajstić information content (AvgIpc) is 2.29. The van der Waals surface area contributed by atoms with Crippen LogP contribution in [-0.4, -0.2) is 5.54 Å². The molecule has 11 heavy (non-hydrogen) atoms. The number of hydrogen-bond acceptors (Lipinski definition) is 1. The Labute approximate surface area is 67.0 Å². The van der Waals surface area contributed by atoms with E-state index in [0.717, 1.165) is 0 Å². The smallest absolute Gasteiger partial charge is 0.293 e. The molecule has 56 valence electrons. The Morgan fingerprint density at radius 2 is 1.91 bits per heavy atom. The molecule has 0 aromatic heterocycles. The van der Waals surface area contributed by atoms with Crippen LogP contribution in [0.5, 0.6) is 0 Å². The second-order valence-electron chi connectivity index (χ2n) is 3.17. The zero-order valence-corrected chi connectivity index (χ0v) is 6.81. The number of hydrogen-bond donors (Lipinski definition) is 0. The first-order valence-corrected chi connectivity index (χ1v) is 3.59. The summed E-state index contributed by atoms with van der Waals surface area (Å²) in [7, 11) is 0. The number of nitriles is 1. The third-order valence-corrected chi connectivity index (χ3v) is 2.27. The quantitative estimate of drug-likeness (QED) is 0.380. The number of rotatable bonds is 0. The molecule has 0 aromatic rings. The Kier molecular flexibility index (Phi) is 1.71. The van der Waals surface area contributed by atoms with Crippen LogP contribution in [0.15, 0.2) is 11.1 Å². The molecule has 0 aliphatic heterocycles. The van der Waals surface area contributed by atoms with E-state index in [9.17, 15) is 0 Å². The van der Waals surface area contributed by atoms with Crippen LogP contribution >= 0.6 is 0 Å². The Hall–Kier alpha value is -1.28. The van der Waals surface area contributed by atoms with Gasteiger partial charge in [0.15, 0.2) is 6.07 Å². The summed E-state index contributed by atoms with van der Waals surface area (Å²) in [6.07, 6.45) is 1.28. The average molecular weight is 146 g/mol. The minimum absolute atomic E-state index is 0.638. The molecule has 0 aromatic carbocycles. The Bertz CT molecular complexity index is 256. The van der Waals surface area contributed by atoms with E-state index in [1.54, 1.807) is 0 Å². The molecule has 1 aliphatic carbocycles. The van der Waals surface area contributed by atoms with Crippen molar-refractivity contribution in [3.63, 3.8) is 0 Å². The first kappa shape index (κ1) is 7.82. The fourth-order valence-corrected chi connectivity index (χ4v) is 1.42. The highest BCUT2D eigenvalue weighted by molar-refractivity contribution is 5.34. The van der Waals surface area contributed by atoms with Crippen LogP contribution < -0.4 is 0 Å². The van der Waals surface area contributed by atoms with Crippen molar-refractivity contribution in [1.82, 2.24) is 0 Å². The second kappa shape index (κ2) is 2.40. The maximum Gasteiger partial charge on any atom is 0.322 e. The van der Waals surface area contributed by atoms with Crippen LogP contribution in [-0.2, 0) is 0 Å². The van der Waals surface area contributed by atoms with Gasteiger partial charge in [0.1, 0.15) is 0 Å². The van der Waals surface area contributed by atoms with Crippen LogP contribution in [0.2, 0.25) is 0 Å². The highest BCUT2D eigenvalue weighted by Crippen LogP contribution is 2.36. The summed E-state index contributed by atoms with van der Waals surface area (Å²) >= 11 is 0. The lowest BCUT2D eigenvalue weighted by Gasteiger charge is -2.04. The van der Waals surface area contributed by atoms with Crippen LogP contribution in [0.3, 0.4) is 0 Å². The zero-order valence-electron chi connectivity index (χ0n) is 6.81. The van der Waals surface area contributed by atoms with E-state index in [-0.39, 0.29) is 0 Å². The SMILES string of the molecule is [C-]#[N+]C1(C#N)CC(C)=C(C)C1. The van der Waals surface area contributed by atoms with E-state index < -0.39 is 5.54 Å². The summed E-state index contributed by atoms with van der Waals surface area (Å²) in [5, 5.41) is 8.76. The third kappa shape index (κ3) is 1.12. The maximum absolute atomic E-state index is 8.76. The van der Waals surface area contributed by atoms with Crippen LogP contribution in [0.4, 0.5) is 0 Å². The van der Waals surface area contributed by atoms with E-state index >= 15 is 0 Å². The van der Waals surface area contributed by atoms with Gasteiger partial charge in [0.25, 0.3) is 0 Å². The molecule has 1 aliphatic rings. The first-order valence-electron chi connectivity index (χ1n) is 3.59. The van der Waals surface area contributed by atoms with Gasteiger partial charge in [0, 0.05) is 0 Å². The third-order valence-electron chi connectivity index (χ3n) is 2.27. The standard InChI is InChI=1S/C9H10N2/c1-7-4-9(6-10,11-3)5-8(7)2/h4-5H2,1-2H3. The first-order chi connectivity index (χ1) is 5.13. The molecule has 0 fully saturated rings. The van der Waals surface area contributed by atoms with Gasteiger partial charge in [-0.3, -0.25) is 4.85 Å². The zero-order chi connectivity index (χ0) is 8.48. The van der Waals surface area contributed by atoms with Crippen molar-refractivity contribution in [3.8, 4) is 6.07 Å². The monoisotopic (exact) mass is 146 g/mol. The molecule has 0 spiro atoms. The van der Waals surface area contributed by atoms with E-state index in [2.05, 4.69) is 10.9 Å². The van der Waals surface area contributed by atoms with Crippen molar-refractivity contribution in [3.05, 3.63) is 22.6 Å². The lowest BCUT2D eigenvalue weighted by atomic mass is 9.98. The molecule has 2 heteroatoms. The molecule has 1 rings (SSSR count). The molecule has 0 heterocycles. The molecule has 0 atom stereocenters. The molecule has 0 unspecified atom stereocenters. The van der Waals surface area contributed by atoms with Gasteiger partial charge in [-0.05, 0) is 13.8 Å². The summed E-state index contributed by atoms with van der Waals surface area (Å²) in [5.74, 6) is 0. The molecule has 0 saturated heterocycles. The molecule has 0 radical (unpaired) electrons. The van der Waals surface area contributed by atoms with Gasteiger partial charge in [-0.1, -0.05) is 11.1 Å². The molecular weight excluding hydrogens is 136 g/mol. The summed E-state index contributed by atoms with van der Waals surface area (Å²) in [6, 6.07) is 2.09. The van der Waals surface area contributed by atoms with Gasteiger partial charge in [0.05, 0.1) is 12.8 Å². The van der Waals surface area contributed by atoms with Crippen LogP contribution in [0, 0.1) is 17.9 Å². The van der Waals surface area contributed by atoms with E-state index in [1.165, 1.54) is 11.1 Å². The van der Waals surface area contributed by atoms with E-state index in [0.29, 0.717) is 12.8 Å². The van der Waals surface area contributed by atoms with Crippen LogP contribution in [0.1, 0.15) is 26.7 Å². The Balaban J connectivity index is 2.91. The molecule has 2 nitrogen and oxygen atoms in total.